The number of rotatable bonds is 9. The third-order valence-electron chi connectivity index (χ3n) is 4.51. The van der Waals surface area contributed by atoms with E-state index in [1.165, 1.54) is 18.3 Å². The van der Waals surface area contributed by atoms with Gasteiger partial charge in [0.1, 0.15) is 11.5 Å². The lowest BCUT2D eigenvalue weighted by Crippen LogP contribution is -2.33. The third-order valence-corrected chi connectivity index (χ3v) is 4.51. The van der Waals surface area contributed by atoms with Gasteiger partial charge in [-0.25, -0.2) is 10.2 Å². The maximum atomic E-state index is 12.4. The van der Waals surface area contributed by atoms with Gasteiger partial charge in [0.25, 0.3) is 5.69 Å². The van der Waals surface area contributed by atoms with Crippen LogP contribution in [0.1, 0.15) is 30.7 Å². The second-order valence-electron chi connectivity index (χ2n) is 6.83. The van der Waals surface area contributed by atoms with Gasteiger partial charge in [0.05, 0.1) is 30.2 Å². The Balaban J connectivity index is 1.61. The van der Waals surface area contributed by atoms with Crippen molar-refractivity contribution in [3.8, 4) is 11.3 Å². The molecule has 1 aromatic heterocycles. The lowest BCUT2D eigenvalue weighted by Gasteiger charge is -2.17. The summed E-state index contributed by atoms with van der Waals surface area (Å²) in [5.74, 6) is 0.345. The molecule has 2 N–H and O–H groups in total. The summed E-state index contributed by atoms with van der Waals surface area (Å²) in [5, 5.41) is 17.5. The molecule has 10 nitrogen and oxygen atoms in total. The molecule has 1 atom stereocenters. The summed E-state index contributed by atoms with van der Waals surface area (Å²) < 4.78 is 10.5. The van der Waals surface area contributed by atoms with Crippen molar-refractivity contribution in [2.75, 3.05) is 6.61 Å². The topological polar surface area (TPSA) is 136 Å². The summed E-state index contributed by atoms with van der Waals surface area (Å²) in [6.07, 6.45) is 0.638. The number of nitrogens with one attached hydrogen (secondary N) is 2. The Hall–Kier alpha value is -4.47. The van der Waals surface area contributed by atoms with E-state index in [1.807, 2.05) is 6.07 Å². The van der Waals surface area contributed by atoms with Gasteiger partial charge in [-0.2, -0.15) is 5.10 Å². The number of nitro groups is 1. The number of hydrogen-bond acceptors (Lipinski definition) is 7. The van der Waals surface area contributed by atoms with Crippen LogP contribution < -0.4 is 10.7 Å². The molecular formula is C23H22N4O6. The number of benzene rings is 2. The molecule has 0 unspecified atom stereocenters. The molecule has 33 heavy (non-hydrogen) atoms. The predicted octanol–water partition coefficient (Wildman–Crippen LogP) is 4.18. The molecule has 2 amide bonds. The number of carbonyl (C=O) groups excluding carboxylic acids is 2. The molecule has 3 rings (SSSR count). The third kappa shape index (κ3) is 6.76. The van der Waals surface area contributed by atoms with Crippen LogP contribution in [0.3, 0.4) is 0 Å². The molecule has 0 aliphatic carbocycles. The number of hydrogen-bond donors (Lipinski definition) is 2. The summed E-state index contributed by atoms with van der Waals surface area (Å²) >= 11 is 0. The fourth-order valence-corrected chi connectivity index (χ4v) is 3.00. The second-order valence-corrected chi connectivity index (χ2v) is 6.83. The molecular weight excluding hydrogens is 428 g/mol. The Morgan fingerprint density at radius 3 is 2.67 bits per heavy atom. The number of hydrazone groups is 1. The number of furan rings is 1. The van der Waals surface area contributed by atoms with E-state index in [2.05, 4.69) is 15.8 Å². The minimum absolute atomic E-state index is 0.0456. The number of carbonyl (C=O) groups is 2. The van der Waals surface area contributed by atoms with E-state index in [-0.39, 0.29) is 18.7 Å². The van der Waals surface area contributed by atoms with Gasteiger partial charge in [-0.1, -0.05) is 42.5 Å². The van der Waals surface area contributed by atoms with Gasteiger partial charge < -0.3 is 14.5 Å². The lowest BCUT2D eigenvalue weighted by atomic mass is 10.0. The van der Waals surface area contributed by atoms with Gasteiger partial charge >= 0.3 is 6.09 Å². The first-order valence-corrected chi connectivity index (χ1v) is 10.1. The van der Waals surface area contributed by atoms with Crippen molar-refractivity contribution >= 4 is 23.9 Å². The van der Waals surface area contributed by atoms with Crippen molar-refractivity contribution in [3.63, 3.8) is 0 Å². The van der Waals surface area contributed by atoms with Crippen LogP contribution in [0, 0.1) is 10.1 Å². The maximum absolute atomic E-state index is 12.4. The highest BCUT2D eigenvalue weighted by molar-refractivity contribution is 5.82. The summed E-state index contributed by atoms with van der Waals surface area (Å²) in [5.41, 5.74) is 3.65. The fourth-order valence-electron chi connectivity index (χ4n) is 3.00. The van der Waals surface area contributed by atoms with Crippen molar-refractivity contribution in [2.45, 2.75) is 19.4 Å². The first-order valence-electron chi connectivity index (χ1n) is 10.1. The standard InChI is InChI=1S/C23H22N4O6/c1-2-32-23(29)25-20(16-7-4-3-5-8-16)14-22(28)26-24-15-19-11-12-21(33-19)17-9-6-10-18(13-17)27(30)31/h3-13,15,20H,2,14H2,1H3,(H,25,29)(H,26,28)/b24-15-/t20-/m1/s1. The highest BCUT2D eigenvalue weighted by atomic mass is 16.6. The van der Waals surface area contributed by atoms with Crippen LogP contribution in [-0.4, -0.2) is 29.7 Å². The highest BCUT2D eigenvalue weighted by Crippen LogP contribution is 2.25. The summed E-state index contributed by atoms with van der Waals surface area (Å²) in [6, 6.07) is 17.8. The van der Waals surface area contributed by atoms with Crippen molar-refractivity contribution in [3.05, 3.63) is 88.2 Å². The SMILES string of the molecule is CCOC(=O)N[C@H](CC(=O)N/N=C\c1ccc(-c2cccc([N+](=O)[O-])c2)o1)c1ccccc1. The number of non-ortho nitro benzene ring substituents is 1. The molecule has 0 spiro atoms. The van der Waals surface area contributed by atoms with E-state index in [0.29, 0.717) is 17.1 Å². The van der Waals surface area contributed by atoms with Crippen LogP contribution in [-0.2, 0) is 9.53 Å². The first kappa shape index (κ1) is 23.2. The minimum atomic E-state index is -0.619. The Kier molecular flexibility index (Phi) is 7.90. The molecule has 3 aromatic rings. The number of nitro benzene ring substituents is 1. The lowest BCUT2D eigenvalue weighted by molar-refractivity contribution is -0.384. The predicted molar refractivity (Wildman–Crippen MR) is 120 cm³/mol. The zero-order chi connectivity index (χ0) is 23.6. The normalized spacial score (nSPS) is 11.7. The monoisotopic (exact) mass is 450 g/mol. The van der Waals surface area contributed by atoms with E-state index in [4.69, 9.17) is 9.15 Å². The number of amides is 2. The Morgan fingerprint density at radius 1 is 1.15 bits per heavy atom. The number of alkyl carbamates (subject to hydrolysis) is 1. The van der Waals surface area contributed by atoms with Gasteiger partial charge in [-0.3, -0.25) is 14.9 Å². The van der Waals surface area contributed by atoms with Crippen LogP contribution in [0.2, 0.25) is 0 Å². The van der Waals surface area contributed by atoms with Gasteiger partial charge in [-0.15, -0.1) is 0 Å². The largest absolute Gasteiger partial charge is 0.455 e. The van der Waals surface area contributed by atoms with Gasteiger partial charge in [0, 0.05) is 17.7 Å². The fraction of sp³-hybridized carbons (Fsp3) is 0.174. The Labute approximate surface area is 189 Å². The molecule has 0 saturated heterocycles. The quantitative estimate of drug-likeness (QED) is 0.285. The van der Waals surface area contributed by atoms with Crippen molar-refractivity contribution in [2.24, 2.45) is 5.10 Å². The first-order chi connectivity index (χ1) is 16.0. The molecule has 0 aliphatic rings. The van der Waals surface area contributed by atoms with Gasteiger partial charge in [0.15, 0.2) is 0 Å². The summed E-state index contributed by atoms with van der Waals surface area (Å²) in [6.45, 7) is 1.91. The zero-order valence-corrected chi connectivity index (χ0v) is 17.8. The highest BCUT2D eigenvalue weighted by Gasteiger charge is 2.19. The van der Waals surface area contributed by atoms with E-state index in [9.17, 15) is 19.7 Å². The average Bonchev–Trinajstić information content (AvgIpc) is 3.28. The van der Waals surface area contributed by atoms with E-state index < -0.39 is 23.0 Å². The number of nitrogens with zero attached hydrogens (tertiary/aromatic N) is 2. The van der Waals surface area contributed by atoms with Gasteiger partial charge in [-0.05, 0) is 24.6 Å². The molecule has 0 bridgehead atoms. The maximum Gasteiger partial charge on any atom is 0.407 e. The van der Waals surface area contributed by atoms with Crippen molar-refractivity contribution in [1.29, 1.82) is 0 Å². The zero-order valence-electron chi connectivity index (χ0n) is 17.8. The van der Waals surface area contributed by atoms with Crippen LogP contribution in [0.25, 0.3) is 11.3 Å². The van der Waals surface area contributed by atoms with Crippen LogP contribution in [0.5, 0.6) is 0 Å². The molecule has 0 fully saturated rings. The second kappa shape index (κ2) is 11.2. The Bertz CT molecular complexity index is 1140. The van der Waals surface area contributed by atoms with Crippen LogP contribution in [0.4, 0.5) is 10.5 Å². The number of ether oxygens (including phenoxy) is 1. The molecule has 1 heterocycles. The van der Waals surface area contributed by atoms with E-state index in [0.717, 1.165) is 5.56 Å². The van der Waals surface area contributed by atoms with Crippen LogP contribution >= 0.6 is 0 Å². The van der Waals surface area contributed by atoms with Crippen LogP contribution in [0.15, 0.2) is 76.2 Å². The molecule has 0 radical (unpaired) electrons. The molecule has 0 saturated carbocycles. The average molecular weight is 450 g/mol. The minimum Gasteiger partial charge on any atom is -0.455 e. The molecule has 0 aliphatic heterocycles. The van der Waals surface area contributed by atoms with E-state index in [1.54, 1.807) is 55.5 Å². The Morgan fingerprint density at radius 2 is 1.94 bits per heavy atom. The summed E-state index contributed by atoms with van der Waals surface area (Å²) in [4.78, 5) is 34.7. The smallest absolute Gasteiger partial charge is 0.407 e. The van der Waals surface area contributed by atoms with Crippen molar-refractivity contribution in [1.82, 2.24) is 10.7 Å². The van der Waals surface area contributed by atoms with Gasteiger partial charge in [0.2, 0.25) is 5.91 Å². The molecule has 2 aromatic carbocycles. The van der Waals surface area contributed by atoms with Crippen molar-refractivity contribution < 1.29 is 23.7 Å². The molecule has 170 valence electrons. The molecule has 10 heteroatoms. The van der Waals surface area contributed by atoms with E-state index >= 15 is 0 Å². The summed E-state index contributed by atoms with van der Waals surface area (Å²) in [7, 11) is 0.